The predicted molar refractivity (Wildman–Crippen MR) is 156 cm³/mol. The summed E-state index contributed by atoms with van der Waals surface area (Å²) in [7, 11) is 1.84. The van der Waals surface area contributed by atoms with Gasteiger partial charge in [0.15, 0.2) is 5.82 Å². The number of aliphatic hydroxyl groups is 1. The zero-order valence-electron chi connectivity index (χ0n) is 23.9. The van der Waals surface area contributed by atoms with Crippen molar-refractivity contribution in [3.8, 4) is 22.4 Å². The van der Waals surface area contributed by atoms with E-state index in [9.17, 15) is 14.7 Å². The number of rotatable bonds is 7. The van der Waals surface area contributed by atoms with Crippen molar-refractivity contribution >= 4 is 17.6 Å². The Morgan fingerprint density at radius 1 is 1.05 bits per heavy atom. The molecule has 0 spiro atoms. The molecule has 1 heterocycles. The van der Waals surface area contributed by atoms with Gasteiger partial charge in [-0.2, -0.15) is 0 Å². The van der Waals surface area contributed by atoms with Gasteiger partial charge in [0.25, 0.3) is 0 Å². The van der Waals surface area contributed by atoms with E-state index in [1.807, 2.05) is 37.4 Å². The van der Waals surface area contributed by atoms with Gasteiger partial charge in [-0.05, 0) is 69.1 Å². The normalized spacial score (nSPS) is 25.7. The van der Waals surface area contributed by atoms with E-state index in [4.69, 9.17) is 5.73 Å². The Hall–Kier alpha value is -3.69. The highest BCUT2D eigenvalue weighted by atomic mass is 19.1. The number of anilines is 1. The number of nitrogens with two attached hydrogens (primary N) is 1. The summed E-state index contributed by atoms with van der Waals surface area (Å²) in [5.41, 5.74) is 7.56. The monoisotopic (exact) mass is 559 g/mol. The van der Waals surface area contributed by atoms with Crippen LogP contribution in [0.4, 0.5) is 10.2 Å². The number of amides is 2. The van der Waals surface area contributed by atoms with Gasteiger partial charge < -0.3 is 21.1 Å². The number of aromatic nitrogens is 2. The van der Waals surface area contributed by atoms with Crippen molar-refractivity contribution in [2.24, 2.45) is 11.7 Å². The second-order valence-corrected chi connectivity index (χ2v) is 12.1. The summed E-state index contributed by atoms with van der Waals surface area (Å²) in [5, 5.41) is 21.8. The number of hydrogen-bond acceptors (Lipinski definition) is 6. The molecular weight excluding hydrogens is 521 g/mol. The molecule has 1 aromatic heterocycles. The van der Waals surface area contributed by atoms with Crippen LogP contribution in [0.15, 0.2) is 54.6 Å². The maximum atomic E-state index is 15.3. The van der Waals surface area contributed by atoms with E-state index in [1.54, 1.807) is 36.9 Å². The Morgan fingerprint density at radius 3 is 2.34 bits per heavy atom. The average Bonchev–Trinajstić information content (AvgIpc) is 2.92. The number of nitrogens with zero attached hydrogens (tertiary/aromatic N) is 3. The molecule has 2 fully saturated rings. The van der Waals surface area contributed by atoms with Crippen LogP contribution in [0, 0.1) is 11.7 Å². The van der Waals surface area contributed by atoms with Gasteiger partial charge in [-0.3, -0.25) is 9.59 Å². The highest BCUT2D eigenvalue weighted by Gasteiger charge is 2.50. The highest BCUT2D eigenvalue weighted by Crippen LogP contribution is 2.47. The fourth-order valence-corrected chi connectivity index (χ4v) is 6.52. The summed E-state index contributed by atoms with van der Waals surface area (Å²) >= 11 is 0. The second kappa shape index (κ2) is 11.3. The third-order valence-corrected chi connectivity index (χ3v) is 8.65. The lowest BCUT2D eigenvalue weighted by Gasteiger charge is -2.49. The molecule has 3 aromatic rings. The van der Waals surface area contributed by atoms with Crippen LogP contribution in [-0.2, 0) is 15.1 Å². The van der Waals surface area contributed by atoms with Gasteiger partial charge in [0.2, 0.25) is 11.8 Å². The first-order valence-electron chi connectivity index (χ1n) is 14.2. The van der Waals surface area contributed by atoms with Gasteiger partial charge >= 0.3 is 0 Å². The summed E-state index contributed by atoms with van der Waals surface area (Å²) in [6.07, 6.45) is 4.51. The fourth-order valence-electron chi connectivity index (χ4n) is 6.52. The summed E-state index contributed by atoms with van der Waals surface area (Å²) in [4.78, 5) is 26.4. The number of hydrogen-bond donors (Lipinski definition) is 3. The van der Waals surface area contributed by atoms with Crippen LogP contribution in [0.25, 0.3) is 22.4 Å². The molecule has 41 heavy (non-hydrogen) atoms. The summed E-state index contributed by atoms with van der Waals surface area (Å²) in [6, 6.07) is 16.4. The average molecular weight is 560 g/mol. The van der Waals surface area contributed by atoms with Gasteiger partial charge in [0.1, 0.15) is 11.5 Å². The molecule has 0 bridgehead atoms. The van der Waals surface area contributed by atoms with Crippen molar-refractivity contribution in [1.82, 2.24) is 15.1 Å². The van der Waals surface area contributed by atoms with Crippen LogP contribution in [0.2, 0.25) is 0 Å². The smallest absolute Gasteiger partial charge is 0.225 e. The van der Waals surface area contributed by atoms with E-state index in [0.717, 1.165) is 31.2 Å². The van der Waals surface area contributed by atoms with Crippen LogP contribution >= 0.6 is 0 Å². The van der Waals surface area contributed by atoms with Gasteiger partial charge in [-0.1, -0.05) is 42.5 Å². The maximum Gasteiger partial charge on any atom is 0.225 e. The van der Waals surface area contributed by atoms with Crippen LogP contribution in [0.3, 0.4) is 0 Å². The molecule has 0 radical (unpaired) electrons. The molecule has 8 nitrogen and oxygen atoms in total. The summed E-state index contributed by atoms with van der Waals surface area (Å²) in [6.45, 7) is 3.28. The molecule has 0 atom stereocenters. The Balaban J connectivity index is 1.33. The highest BCUT2D eigenvalue weighted by molar-refractivity contribution is 5.91. The quantitative estimate of drug-likeness (QED) is 0.374. The molecule has 4 N–H and O–H groups in total. The Bertz CT molecular complexity index is 1430. The molecule has 5 rings (SSSR count). The lowest BCUT2D eigenvalue weighted by atomic mass is 9.63. The van der Waals surface area contributed by atoms with Crippen molar-refractivity contribution in [3.63, 3.8) is 0 Å². The van der Waals surface area contributed by atoms with Crippen molar-refractivity contribution in [1.29, 1.82) is 0 Å². The third-order valence-electron chi connectivity index (χ3n) is 8.65. The standard InChI is InChI=1S/C32H38FN5O3/c1-20(39)38(3)24-12-9-21(10-13-24)15-29(40)35-28-17-25(22-7-5-4-6-8-22)30(37-36-28)23-11-14-26(27(33)16-23)32(34)18-31(2,41)19-32/h4-8,11,14,16-17,21,24,41H,9-10,12-13,15,18-19,34H2,1-3H3,(H,35,36,40). The third kappa shape index (κ3) is 6.31. The zero-order chi connectivity index (χ0) is 29.4. The minimum atomic E-state index is -0.906. The van der Waals surface area contributed by atoms with E-state index in [1.165, 1.54) is 6.07 Å². The largest absolute Gasteiger partial charge is 0.390 e. The molecular formula is C32H38FN5O3. The SMILES string of the molecule is CC(=O)N(C)C1CCC(CC(=O)Nc2cc(-c3ccccc3)c(-c3ccc(C4(N)CC(C)(O)C4)c(F)c3)nn2)CC1. The van der Waals surface area contributed by atoms with Crippen molar-refractivity contribution < 1.29 is 19.1 Å². The molecule has 2 aliphatic carbocycles. The molecule has 216 valence electrons. The van der Waals surface area contributed by atoms with E-state index < -0.39 is 17.0 Å². The molecule has 2 aliphatic rings. The number of carbonyl (C=O) groups excluding carboxylic acids is 2. The first-order valence-corrected chi connectivity index (χ1v) is 14.2. The number of halogens is 1. The summed E-state index contributed by atoms with van der Waals surface area (Å²) < 4.78 is 15.3. The topological polar surface area (TPSA) is 121 Å². The zero-order valence-corrected chi connectivity index (χ0v) is 23.9. The van der Waals surface area contributed by atoms with Crippen molar-refractivity contribution in [2.75, 3.05) is 12.4 Å². The van der Waals surface area contributed by atoms with E-state index >= 15 is 4.39 Å². The Morgan fingerprint density at radius 2 is 1.73 bits per heavy atom. The van der Waals surface area contributed by atoms with Crippen LogP contribution in [0.1, 0.15) is 64.4 Å². The van der Waals surface area contributed by atoms with Crippen molar-refractivity contribution in [2.45, 2.75) is 76.0 Å². The minimum absolute atomic E-state index is 0.0667. The maximum absolute atomic E-state index is 15.3. The molecule has 2 saturated carbocycles. The van der Waals surface area contributed by atoms with Gasteiger partial charge in [0.05, 0.1) is 5.60 Å². The molecule has 0 unspecified atom stereocenters. The Kier molecular flexibility index (Phi) is 7.94. The first kappa shape index (κ1) is 28.8. The van der Waals surface area contributed by atoms with Crippen LogP contribution < -0.4 is 11.1 Å². The second-order valence-electron chi connectivity index (χ2n) is 12.1. The Labute approximate surface area is 240 Å². The number of carbonyl (C=O) groups is 2. The van der Waals surface area contributed by atoms with Gasteiger partial charge in [-0.25, -0.2) is 4.39 Å². The summed E-state index contributed by atoms with van der Waals surface area (Å²) in [5.74, 6) is 0.0609. The van der Waals surface area contributed by atoms with E-state index in [-0.39, 0.29) is 36.6 Å². The first-order chi connectivity index (χ1) is 19.4. The van der Waals surface area contributed by atoms with Gasteiger partial charge in [-0.15, -0.1) is 10.2 Å². The lowest BCUT2D eigenvalue weighted by molar-refractivity contribution is -0.130. The minimum Gasteiger partial charge on any atom is -0.390 e. The van der Waals surface area contributed by atoms with Gasteiger partial charge in [0, 0.05) is 48.7 Å². The molecule has 2 amide bonds. The van der Waals surface area contributed by atoms with Crippen LogP contribution in [0.5, 0.6) is 0 Å². The molecule has 2 aromatic carbocycles. The molecule has 9 heteroatoms. The van der Waals surface area contributed by atoms with Crippen molar-refractivity contribution in [3.05, 3.63) is 66.0 Å². The van der Waals surface area contributed by atoms with E-state index in [0.29, 0.717) is 34.6 Å². The number of nitrogens with one attached hydrogen (secondary N) is 1. The molecule has 0 aliphatic heterocycles. The lowest BCUT2D eigenvalue weighted by Crippen LogP contribution is -2.58. The van der Waals surface area contributed by atoms with Crippen LogP contribution in [-0.4, -0.2) is 50.7 Å². The van der Waals surface area contributed by atoms with E-state index in [2.05, 4.69) is 15.5 Å². The number of benzene rings is 2. The predicted octanol–water partition coefficient (Wildman–Crippen LogP) is 5.01. The fraction of sp³-hybridized carbons (Fsp3) is 0.438. The molecule has 0 saturated heterocycles.